The molecule has 0 radical (unpaired) electrons. The Bertz CT molecular complexity index is 501. The van der Waals surface area contributed by atoms with Crippen molar-refractivity contribution < 1.29 is 19.4 Å². The lowest BCUT2D eigenvalue weighted by Crippen LogP contribution is -2.39. The summed E-state index contributed by atoms with van der Waals surface area (Å²) in [5, 5.41) is 9.36. The maximum absolute atomic E-state index is 11.9. The average molecular weight is 279 g/mol. The molecular weight excluding hydrogens is 258 g/mol. The van der Waals surface area contributed by atoms with Crippen molar-refractivity contribution in [3.05, 3.63) is 28.8 Å². The zero-order valence-corrected chi connectivity index (χ0v) is 12.2. The summed E-state index contributed by atoms with van der Waals surface area (Å²) in [5.41, 5.74) is 2.99. The summed E-state index contributed by atoms with van der Waals surface area (Å²) < 4.78 is 10.4. The minimum Gasteiger partial charge on any atom is -0.496 e. The van der Waals surface area contributed by atoms with E-state index < -0.39 is 0 Å². The predicted octanol–water partition coefficient (Wildman–Crippen LogP) is 2.26. The lowest BCUT2D eigenvalue weighted by molar-refractivity contribution is 0.0900. The number of hydrogen-bond acceptors (Lipinski definition) is 4. The summed E-state index contributed by atoms with van der Waals surface area (Å²) in [7, 11) is 1.58. The van der Waals surface area contributed by atoms with Crippen LogP contribution in [0.15, 0.2) is 12.1 Å². The molecule has 110 valence electrons. The molecule has 2 rings (SSSR count). The SMILES string of the molecule is CCOC(=O)N1CCc2cc(CO)c(OC)cc2C1C. The zero-order valence-electron chi connectivity index (χ0n) is 12.2. The largest absolute Gasteiger partial charge is 0.496 e. The summed E-state index contributed by atoms with van der Waals surface area (Å²) in [6.07, 6.45) is 0.478. The van der Waals surface area contributed by atoms with E-state index in [4.69, 9.17) is 9.47 Å². The molecule has 20 heavy (non-hydrogen) atoms. The number of nitrogens with zero attached hydrogens (tertiary/aromatic N) is 1. The van der Waals surface area contributed by atoms with Crippen LogP contribution in [0.4, 0.5) is 4.79 Å². The number of carbonyl (C=O) groups excluding carboxylic acids is 1. The highest BCUT2D eigenvalue weighted by Gasteiger charge is 2.29. The Morgan fingerprint density at radius 2 is 2.25 bits per heavy atom. The zero-order chi connectivity index (χ0) is 14.7. The van der Waals surface area contributed by atoms with Crippen molar-refractivity contribution in [1.82, 2.24) is 4.90 Å². The number of carbonyl (C=O) groups is 1. The Labute approximate surface area is 119 Å². The van der Waals surface area contributed by atoms with Crippen molar-refractivity contribution in [3.8, 4) is 5.75 Å². The van der Waals surface area contributed by atoms with Crippen molar-refractivity contribution in [2.45, 2.75) is 32.9 Å². The smallest absolute Gasteiger partial charge is 0.410 e. The molecule has 5 nitrogen and oxygen atoms in total. The van der Waals surface area contributed by atoms with Crippen molar-refractivity contribution >= 4 is 6.09 Å². The van der Waals surface area contributed by atoms with E-state index in [0.29, 0.717) is 18.9 Å². The first-order valence-corrected chi connectivity index (χ1v) is 6.86. The number of amides is 1. The molecule has 0 saturated heterocycles. The molecule has 0 fully saturated rings. The maximum atomic E-state index is 11.9. The van der Waals surface area contributed by atoms with Gasteiger partial charge in [-0.15, -0.1) is 0 Å². The van der Waals surface area contributed by atoms with Gasteiger partial charge in [0.1, 0.15) is 5.75 Å². The highest BCUT2D eigenvalue weighted by Crippen LogP contribution is 2.34. The van der Waals surface area contributed by atoms with Crippen molar-refractivity contribution in [2.75, 3.05) is 20.3 Å². The van der Waals surface area contributed by atoms with Gasteiger partial charge in [0.2, 0.25) is 0 Å². The topological polar surface area (TPSA) is 59.0 Å². The standard InChI is InChI=1S/C15H21NO4/c1-4-20-15(18)16-6-5-11-7-12(9-17)14(19-3)8-13(11)10(16)2/h7-8,10,17H,4-6,9H2,1-3H3. The van der Waals surface area contributed by atoms with Gasteiger partial charge in [-0.1, -0.05) is 0 Å². The van der Waals surface area contributed by atoms with Gasteiger partial charge in [0.25, 0.3) is 0 Å². The van der Waals surface area contributed by atoms with E-state index in [1.807, 2.05) is 19.1 Å². The summed E-state index contributed by atoms with van der Waals surface area (Å²) in [6, 6.07) is 3.82. The van der Waals surface area contributed by atoms with Gasteiger partial charge in [-0.2, -0.15) is 0 Å². The van der Waals surface area contributed by atoms with Crippen LogP contribution in [-0.2, 0) is 17.8 Å². The van der Waals surface area contributed by atoms with Gasteiger partial charge >= 0.3 is 6.09 Å². The number of ether oxygens (including phenoxy) is 2. The molecule has 1 aromatic rings. The number of hydrogen-bond donors (Lipinski definition) is 1. The van der Waals surface area contributed by atoms with E-state index in [1.54, 1.807) is 18.9 Å². The highest BCUT2D eigenvalue weighted by molar-refractivity contribution is 5.69. The van der Waals surface area contributed by atoms with Crippen molar-refractivity contribution in [3.63, 3.8) is 0 Å². The minimum atomic E-state index is -0.282. The molecule has 0 spiro atoms. The second-order valence-corrected chi connectivity index (χ2v) is 4.84. The first-order valence-electron chi connectivity index (χ1n) is 6.86. The van der Waals surface area contributed by atoms with Gasteiger partial charge in [0.15, 0.2) is 0 Å². The molecule has 1 atom stereocenters. The molecule has 1 unspecified atom stereocenters. The van der Waals surface area contributed by atoms with E-state index in [1.165, 1.54) is 0 Å². The fraction of sp³-hybridized carbons (Fsp3) is 0.533. The van der Waals surface area contributed by atoms with E-state index in [-0.39, 0.29) is 18.7 Å². The van der Waals surface area contributed by atoms with Gasteiger partial charge < -0.3 is 19.5 Å². The normalized spacial score (nSPS) is 17.6. The molecule has 0 saturated carbocycles. The van der Waals surface area contributed by atoms with Crippen LogP contribution in [0.25, 0.3) is 0 Å². The first kappa shape index (κ1) is 14.7. The Morgan fingerprint density at radius 3 is 2.85 bits per heavy atom. The number of rotatable bonds is 3. The maximum Gasteiger partial charge on any atom is 0.410 e. The predicted molar refractivity (Wildman–Crippen MR) is 74.8 cm³/mol. The number of aliphatic hydroxyl groups is 1. The van der Waals surface area contributed by atoms with E-state index in [0.717, 1.165) is 23.1 Å². The lowest BCUT2D eigenvalue weighted by atomic mass is 9.91. The molecule has 0 aliphatic carbocycles. The summed E-state index contributed by atoms with van der Waals surface area (Å²) in [4.78, 5) is 13.7. The lowest BCUT2D eigenvalue weighted by Gasteiger charge is -2.35. The van der Waals surface area contributed by atoms with Crippen LogP contribution >= 0.6 is 0 Å². The Balaban J connectivity index is 2.33. The summed E-state index contributed by atoms with van der Waals surface area (Å²) >= 11 is 0. The fourth-order valence-electron chi connectivity index (χ4n) is 2.67. The fourth-order valence-corrected chi connectivity index (χ4v) is 2.67. The second-order valence-electron chi connectivity index (χ2n) is 4.84. The Kier molecular flexibility index (Phi) is 4.49. The molecule has 1 aliphatic rings. The van der Waals surface area contributed by atoms with Gasteiger partial charge in [0, 0.05) is 12.1 Å². The third kappa shape index (κ3) is 2.58. The molecule has 1 N–H and O–H groups in total. The number of fused-ring (bicyclic) bond motifs is 1. The first-order chi connectivity index (χ1) is 9.62. The van der Waals surface area contributed by atoms with Crippen LogP contribution in [0.3, 0.4) is 0 Å². The van der Waals surface area contributed by atoms with Crippen LogP contribution in [0.1, 0.15) is 36.6 Å². The molecule has 0 aromatic heterocycles. The molecular formula is C15H21NO4. The monoisotopic (exact) mass is 279 g/mol. The highest BCUT2D eigenvalue weighted by atomic mass is 16.6. The van der Waals surface area contributed by atoms with E-state index >= 15 is 0 Å². The average Bonchev–Trinajstić information content (AvgIpc) is 2.46. The van der Waals surface area contributed by atoms with Gasteiger partial charge in [-0.05, 0) is 43.5 Å². The molecule has 0 bridgehead atoms. The quantitative estimate of drug-likeness (QED) is 0.922. The van der Waals surface area contributed by atoms with Gasteiger partial charge in [0.05, 0.1) is 26.4 Å². The summed E-state index contributed by atoms with van der Waals surface area (Å²) in [5.74, 6) is 0.656. The van der Waals surface area contributed by atoms with Crippen LogP contribution < -0.4 is 4.74 Å². The molecule has 5 heteroatoms. The van der Waals surface area contributed by atoms with E-state index in [9.17, 15) is 9.90 Å². The third-order valence-electron chi connectivity index (χ3n) is 3.75. The third-order valence-corrected chi connectivity index (χ3v) is 3.75. The van der Waals surface area contributed by atoms with Crippen molar-refractivity contribution in [2.24, 2.45) is 0 Å². The van der Waals surface area contributed by atoms with Crippen LogP contribution in [-0.4, -0.2) is 36.4 Å². The van der Waals surface area contributed by atoms with E-state index in [2.05, 4.69) is 0 Å². The molecule has 1 aliphatic heterocycles. The van der Waals surface area contributed by atoms with Crippen molar-refractivity contribution in [1.29, 1.82) is 0 Å². The number of aliphatic hydroxyl groups excluding tert-OH is 1. The minimum absolute atomic E-state index is 0.0492. The molecule has 1 aromatic carbocycles. The molecule has 1 amide bonds. The van der Waals surface area contributed by atoms with Crippen LogP contribution in [0.5, 0.6) is 5.75 Å². The van der Waals surface area contributed by atoms with Gasteiger partial charge in [-0.25, -0.2) is 4.79 Å². The van der Waals surface area contributed by atoms with Crippen LogP contribution in [0, 0.1) is 0 Å². The Hall–Kier alpha value is -1.75. The van der Waals surface area contributed by atoms with Crippen LogP contribution in [0.2, 0.25) is 0 Å². The summed E-state index contributed by atoms with van der Waals surface area (Å²) in [6.45, 7) is 4.74. The second kappa shape index (κ2) is 6.13. The number of benzene rings is 1. The van der Waals surface area contributed by atoms with Gasteiger partial charge in [-0.3, -0.25) is 0 Å². The molecule has 1 heterocycles. The Morgan fingerprint density at radius 1 is 1.50 bits per heavy atom. The number of methoxy groups -OCH3 is 1.